The Morgan fingerprint density at radius 3 is 2.23 bits per heavy atom. The Morgan fingerprint density at radius 2 is 1.60 bits per heavy atom. The van der Waals surface area contributed by atoms with Crippen LogP contribution < -0.4 is 0 Å². The van der Waals surface area contributed by atoms with Crippen LogP contribution in [0.25, 0.3) is 0 Å². The number of nitrogens with zero attached hydrogens (tertiary/aromatic N) is 1. The Kier molecular flexibility index (Phi) is 4.88. The number of aliphatic hydroxyl groups excluding tert-OH is 1. The lowest BCUT2D eigenvalue weighted by molar-refractivity contribution is -0.346. The van der Waals surface area contributed by atoms with Gasteiger partial charge in [0.05, 0.1) is 17.7 Å². The van der Waals surface area contributed by atoms with Crippen molar-refractivity contribution in [3.8, 4) is 0 Å². The van der Waals surface area contributed by atoms with E-state index in [1.165, 1.54) is 7.11 Å². The number of fused-ring (bicyclic) bond motifs is 2. The summed E-state index contributed by atoms with van der Waals surface area (Å²) >= 11 is 0. The second kappa shape index (κ2) is 7.57. The highest BCUT2D eigenvalue weighted by atomic mass is 16.7. The molecule has 2 aromatic rings. The van der Waals surface area contributed by atoms with Crippen molar-refractivity contribution in [2.45, 2.75) is 36.9 Å². The number of methoxy groups -OCH3 is 1. The van der Waals surface area contributed by atoms with Gasteiger partial charge in [-0.15, -0.1) is 0 Å². The SMILES string of the molecule is CO[C@H]1O[C@@H]2COC(c3ccccc3)O[C@H]2[C@H](O)[C@H]1N1C(=O)c2ccccc2C1=O. The van der Waals surface area contributed by atoms with Gasteiger partial charge in [0.1, 0.15) is 24.4 Å². The van der Waals surface area contributed by atoms with E-state index in [4.69, 9.17) is 18.9 Å². The van der Waals surface area contributed by atoms with Gasteiger partial charge in [-0.05, 0) is 12.1 Å². The molecule has 5 rings (SSSR count). The summed E-state index contributed by atoms with van der Waals surface area (Å²) in [5.74, 6) is -0.981. The minimum Gasteiger partial charge on any atom is -0.388 e. The Hall–Kier alpha value is -2.62. The average Bonchev–Trinajstić information content (AvgIpc) is 3.04. The summed E-state index contributed by atoms with van der Waals surface area (Å²) in [5, 5.41) is 11.2. The summed E-state index contributed by atoms with van der Waals surface area (Å²) in [6, 6.07) is 14.8. The van der Waals surface area contributed by atoms with E-state index in [-0.39, 0.29) is 6.61 Å². The molecule has 0 spiro atoms. The maximum Gasteiger partial charge on any atom is 0.262 e. The monoisotopic (exact) mass is 411 g/mol. The van der Waals surface area contributed by atoms with Crippen LogP contribution in [0.3, 0.4) is 0 Å². The highest BCUT2D eigenvalue weighted by molar-refractivity contribution is 6.21. The number of carbonyl (C=O) groups is 2. The maximum atomic E-state index is 13.0. The number of hydrogen-bond donors (Lipinski definition) is 1. The predicted molar refractivity (Wildman–Crippen MR) is 102 cm³/mol. The number of imide groups is 1. The standard InChI is InChI=1S/C22H21NO7/c1-27-22-16(23-19(25)13-9-5-6-10-14(13)20(23)26)17(24)18-15(29-22)11-28-21(30-18)12-7-3-2-4-8-12/h2-10,15-18,21-22,24H,11H2,1H3/t15-,16-,17-,18-,21?,22+/m1/s1. The zero-order valence-corrected chi connectivity index (χ0v) is 16.2. The lowest BCUT2D eigenvalue weighted by Crippen LogP contribution is -2.67. The molecule has 0 radical (unpaired) electrons. The van der Waals surface area contributed by atoms with E-state index in [2.05, 4.69) is 0 Å². The molecule has 30 heavy (non-hydrogen) atoms. The van der Waals surface area contributed by atoms with Crippen molar-refractivity contribution < 1.29 is 33.6 Å². The molecule has 6 atom stereocenters. The minimum atomic E-state index is -1.22. The van der Waals surface area contributed by atoms with Crippen molar-refractivity contribution >= 4 is 11.8 Å². The molecule has 2 aromatic carbocycles. The van der Waals surface area contributed by atoms with E-state index in [1.807, 2.05) is 30.3 Å². The topological polar surface area (TPSA) is 94.5 Å². The van der Waals surface area contributed by atoms with E-state index in [9.17, 15) is 14.7 Å². The van der Waals surface area contributed by atoms with Crippen molar-refractivity contribution in [2.24, 2.45) is 0 Å². The summed E-state index contributed by atoms with van der Waals surface area (Å²) in [6.45, 7) is 0.177. The molecule has 156 valence electrons. The van der Waals surface area contributed by atoms with Gasteiger partial charge in [0, 0.05) is 12.7 Å². The molecule has 0 aromatic heterocycles. The number of benzene rings is 2. The average molecular weight is 411 g/mol. The molecule has 8 heteroatoms. The van der Waals surface area contributed by atoms with Crippen molar-refractivity contribution in [3.63, 3.8) is 0 Å². The largest absolute Gasteiger partial charge is 0.388 e. The van der Waals surface area contributed by atoms with Crippen molar-refractivity contribution in [1.29, 1.82) is 0 Å². The Morgan fingerprint density at radius 1 is 0.967 bits per heavy atom. The van der Waals surface area contributed by atoms with Gasteiger partial charge in [-0.25, -0.2) is 0 Å². The van der Waals surface area contributed by atoms with Crippen molar-refractivity contribution in [1.82, 2.24) is 4.90 Å². The fourth-order valence-electron chi connectivity index (χ4n) is 4.31. The molecule has 3 heterocycles. The van der Waals surface area contributed by atoms with E-state index in [0.29, 0.717) is 11.1 Å². The first-order valence-corrected chi connectivity index (χ1v) is 9.75. The van der Waals surface area contributed by atoms with Crippen LogP contribution in [-0.2, 0) is 18.9 Å². The number of ether oxygens (including phenoxy) is 4. The molecule has 0 bridgehead atoms. The van der Waals surface area contributed by atoms with Crippen molar-refractivity contribution in [2.75, 3.05) is 13.7 Å². The Bertz CT molecular complexity index is 930. The molecule has 1 N–H and O–H groups in total. The Labute approximate surface area is 172 Å². The number of hydrogen-bond acceptors (Lipinski definition) is 7. The highest BCUT2D eigenvalue weighted by Gasteiger charge is 2.55. The summed E-state index contributed by atoms with van der Waals surface area (Å²) in [6.07, 6.45) is -4.32. The van der Waals surface area contributed by atoms with Gasteiger partial charge < -0.3 is 24.1 Å². The van der Waals surface area contributed by atoms with Gasteiger partial charge in [0.2, 0.25) is 0 Å². The molecule has 2 saturated heterocycles. The van der Waals surface area contributed by atoms with Gasteiger partial charge in [0.15, 0.2) is 12.6 Å². The molecular weight excluding hydrogens is 390 g/mol. The van der Waals surface area contributed by atoms with Crippen LogP contribution in [0, 0.1) is 0 Å². The van der Waals surface area contributed by atoms with Crippen LogP contribution >= 0.6 is 0 Å². The number of aliphatic hydroxyl groups is 1. The summed E-state index contributed by atoms with van der Waals surface area (Å²) in [4.78, 5) is 27.0. The molecule has 3 aliphatic heterocycles. The molecule has 0 aliphatic carbocycles. The lowest BCUT2D eigenvalue weighted by atomic mass is 9.94. The van der Waals surface area contributed by atoms with E-state index in [1.54, 1.807) is 24.3 Å². The molecule has 0 saturated carbocycles. The van der Waals surface area contributed by atoms with Crippen LogP contribution in [-0.4, -0.2) is 66.2 Å². The third kappa shape index (κ3) is 2.96. The van der Waals surface area contributed by atoms with Gasteiger partial charge in [-0.2, -0.15) is 0 Å². The fourth-order valence-corrected chi connectivity index (χ4v) is 4.31. The van der Waals surface area contributed by atoms with Crippen molar-refractivity contribution in [3.05, 3.63) is 71.3 Å². The first-order valence-electron chi connectivity index (χ1n) is 9.75. The second-order valence-electron chi connectivity index (χ2n) is 7.46. The third-order valence-electron chi connectivity index (χ3n) is 5.76. The quantitative estimate of drug-likeness (QED) is 0.765. The molecule has 8 nitrogen and oxygen atoms in total. The zero-order chi connectivity index (χ0) is 20.8. The molecule has 2 fully saturated rings. The summed E-state index contributed by atoms with van der Waals surface area (Å²) < 4.78 is 23.1. The molecular formula is C22H21NO7. The maximum absolute atomic E-state index is 13.0. The third-order valence-corrected chi connectivity index (χ3v) is 5.76. The lowest BCUT2D eigenvalue weighted by Gasteiger charge is -2.49. The minimum absolute atomic E-state index is 0.177. The fraction of sp³-hybridized carbons (Fsp3) is 0.364. The smallest absolute Gasteiger partial charge is 0.262 e. The number of amides is 2. The van der Waals surface area contributed by atoms with E-state index < -0.39 is 48.7 Å². The molecule has 2 amide bonds. The Balaban J connectivity index is 1.45. The first kappa shape index (κ1) is 19.3. The number of carbonyl (C=O) groups excluding carboxylic acids is 2. The van der Waals surface area contributed by atoms with Crippen LogP contribution in [0.15, 0.2) is 54.6 Å². The van der Waals surface area contributed by atoms with Gasteiger partial charge in [-0.3, -0.25) is 14.5 Å². The van der Waals surface area contributed by atoms with E-state index >= 15 is 0 Å². The highest BCUT2D eigenvalue weighted by Crippen LogP contribution is 2.38. The van der Waals surface area contributed by atoms with Crippen LogP contribution in [0.4, 0.5) is 0 Å². The molecule has 1 unspecified atom stereocenters. The normalized spacial score (nSPS) is 33.3. The summed E-state index contributed by atoms with van der Waals surface area (Å²) in [7, 11) is 1.40. The summed E-state index contributed by atoms with van der Waals surface area (Å²) in [5.41, 5.74) is 1.39. The van der Waals surface area contributed by atoms with Crippen LogP contribution in [0.1, 0.15) is 32.6 Å². The van der Waals surface area contributed by atoms with Gasteiger partial charge in [0.25, 0.3) is 11.8 Å². The van der Waals surface area contributed by atoms with Gasteiger partial charge in [-0.1, -0.05) is 42.5 Å². The zero-order valence-electron chi connectivity index (χ0n) is 16.2. The van der Waals surface area contributed by atoms with Crippen LogP contribution in [0.5, 0.6) is 0 Å². The van der Waals surface area contributed by atoms with E-state index in [0.717, 1.165) is 10.5 Å². The molecule has 3 aliphatic rings. The first-order chi connectivity index (χ1) is 14.6. The second-order valence-corrected chi connectivity index (χ2v) is 7.46. The van der Waals surface area contributed by atoms with Gasteiger partial charge >= 0.3 is 0 Å². The predicted octanol–water partition coefficient (Wildman–Crippen LogP) is 1.50. The number of rotatable bonds is 3. The van der Waals surface area contributed by atoms with Crippen LogP contribution in [0.2, 0.25) is 0 Å².